The maximum atomic E-state index is 4.93. The van der Waals surface area contributed by atoms with Crippen molar-refractivity contribution in [2.45, 2.75) is 58.0 Å². The van der Waals surface area contributed by atoms with Crippen LogP contribution in [0.15, 0.2) is 5.51 Å². The number of imidazole rings is 1. The summed E-state index contributed by atoms with van der Waals surface area (Å²) in [6.45, 7) is 4.31. The Morgan fingerprint density at radius 2 is 2.24 bits per heavy atom. The van der Waals surface area contributed by atoms with E-state index in [2.05, 4.69) is 21.8 Å². The average molecular weight is 302 g/mol. The van der Waals surface area contributed by atoms with Gasteiger partial charge >= 0.3 is 0 Å². The van der Waals surface area contributed by atoms with E-state index in [4.69, 9.17) is 4.98 Å². The van der Waals surface area contributed by atoms with Crippen LogP contribution in [0.3, 0.4) is 0 Å². The number of hydrogen-bond donors (Lipinski definition) is 1. The van der Waals surface area contributed by atoms with E-state index in [0.29, 0.717) is 6.04 Å². The third-order valence-electron chi connectivity index (χ3n) is 4.84. The molecule has 0 radical (unpaired) electrons. The number of aryl methyl sites for hydroxylation is 3. The molecule has 21 heavy (non-hydrogen) atoms. The number of aromatic amines is 1. The first-order valence-electron chi connectivity index (χ1n) is 8.02. The SMILES string of the molecule is Cc1ncsc1CN1CCC[C@H]1c1nc2c([nH]1)CCCC2. The fourth-order valence-corrected chi connectivity index (χ4v) is 4.42. The maximum absolute atomic E-state index is 4.93. The second-order valence-electron chi connectivity index (χ2n) is 6.24. The first kappa shape index (κ1) is 13.5. The lowest BCUT2D eigenvalue weighted by Gasteiger charge is -2.22. The van der Waals surface area contributed by atoms with Crippen LogP contribution in [0.5, 0.6) is 0 Å². The number of fused-ring (bicyclic) bond motifs is 1. The van der Waals surface area contributed by atoms with Crippen LogP contribution in [0.2, 0.25) is 0 Å². The van der Waals surface area contributed by atoms with Crippen LogP contribution in [0, 0.1) is 6.92 Å². The van der Waals surface area contributed by atoms with Gasteiger partial charge in [0.05, 0.1) is 22.9 Å². The fraction of sp³-hybridized carbons (Fsp3) is 0.625. The molecule has 2 aliphatic rings. The fourth-order valence-electron chi connectivity index (χ4n) is 3.62. The van der Waals surface area contributed by atoms with Gasteiger partial charge in [-0.2, -0.15) is 0 Å². The molecule has 1 aliphatic heterocycles. The summed E-state index contributed by atoms with van der Waals surface area (Å²) in [5.41, 5.74) is 5.87. The molecule has 1 saturated heterocycles. The van der Waals surface area contributed by atoms with Crippen molar-refractivity contribution in [1.82, 2.24) is 19.9 Å². The molecule has 3 heterocycles. The Morgan fingerprint density at radius 1 is 1.33 bits per heavy atom. The van der Waals surface area contributed by atoms with Crippen molar-refractivity contribution in [1.29, 1.82) is 0 Å². The third kappa shape index (κ3) is 2.53. The molecule has 1 aliphatic carbocycles. The Labute approximate surface area is 129 Å². The number of thiazole rings is 1. The third-order valence-corrected chi connectivity index (χ3v) is 5.76. The summed E-state index contributed by atoms with van der Waals surface area (Å²) in [6.07, 6.45) is 7.45. The minimum atomic E-state index is 0.470. The molecule has 2 aromatic rings. The van der Waals surface area contributed by atoms with E-state index in [9.17, 15) is 0 Å². The van der Waals surface area contributed by atoms with Gasteiger partial charge < -0.3 is 4.98 Å². The van der Waals surface area contributed by atoms with Crippen molar-refractivity contribution in [3.63, 3.8) is 0 Å². The number of aromatic nitrogens is 3. The molecule has 0 bridgehead atoms. The Bertz CT molecular complexity index is 607. The standard InChI is InChI=1S/C16H22N4S/c1-11-15(21-10-17-11)9-20-8-4-7-14(20)16-18-12-5-2-3-6-13(12)19-16/h10,14H,2-9H2,1H3,(H,18,19)/t14-/m0/s1. The summed E-state index contributed by atoms with van der Waals surface area (Å²) in [7, 11) is 0. The highest BCUT2D eigenvalue weighted by molar-refractivity contribution is 7.09. The largest absolute Gasteiger partial charge is 0.344 e. The second kappa shape index (κ2) is 5.54. The van der Waals surface area contributed by atoms with Gasteiger partial charge in [-0.3, -0.25) is 4.90 Å². The van der Waals surface area contributed by atoms with E-state index >= 15 is 0 Å². The van der Waals surface area contributed by atoms with Crippen molar-refractivity contribution < 1.29 is 0 Å². The zero-order valence-corrected chi connectivity index (χ0v) is 13.4. The second-order valence-corrected chi connectivity index (χ2v) is 7.18. The van der Waals surface area contributed by atoms with Crippen molar-refractivity contribution in [3.8, 4) is 0 Å². The molecular weight excluding hydrogens is 280 g/mol. The molecule has 4 nitrogen and oxygen atoms in total. The summed E-state index contributed by atoms with van der Waals surface area (Å²) in [5, 5.41) is 0. The number of H-pyrrole nitrogens is 1. The van der Waals surface area contributed by atoms with E-state index in [1.54, 1.807) is 11.3 Å². The Morgan fingerprint density at radius 3 is 3.05 bits per heavy atom. The van der Waals surface area contributed by atoms with E-state index in [1.165, 1.54) is 66.4 Å². The van der Waals surface area contributed by atoms with E-state index in [1.807, 2.05) is 5.51 Å². The number of nitrogens with one attached hydrogen (secondary N) is 1. The van der Waals surface area contributed by atoms with Crippen LogP contribution in [-0.4, -0.2) is 26.4 Å². The highest BCUT2D eigenvalue weighted by Gasteiger charge is 2.30. The molecular formula is C16H22N4S. The molecule has 2 aromatic heterocycles. The number of nitrogens with zero attached hydrogens (tertiary/aromatic N) is 3. The van der Waals surface area contributed by atoms with Crippen molar-refractivity contribution in [2.75, 3.05) is 6.54 Å². The summed E-state index contributed by atoms with van der Waals surface area (Å²) < 4.78 is 0. The molecule has 1 fully saturated rings. The lowest BCUT2D eigenvalue weighted by molar-refractivity contribution is 0.242. The van der Waals surface area contributed by atoms with Crippen molar-refractivity contribution in [2.24, 2.45) is 0 Å². The lowest BCUT2D eigenvalue weighted by atomic mass is 10.0. The highest BCUT2D eigenvalue weighted by atomic mass is 32.1. The summed E-state index contributed by atoms with van der Waals surface area (Å²) >= 11 is 1.78. The first-order valence-corrected chi connectivity index (χ1v) is 8.90. The molecule has 112 valence electrons. The van der Waals surface area contributed by atoms with E-state index in [-0.39, 0.29) is 0 Å². The minimum Gasteiger partial charge on any atom is -0.344 e. The lowest BCUT2D eigenvalue weighted by Crippen LogP contribution is -2.23. The van der Waals surface area contributed by atoms with Gasteiger partial charge in [0.1, 0.15) is 5.82 Å². The monoisotopic (exact) mass is 302 g/mol. The minimum absolute atomic E-state index is 0.470. The van der Waals surface area contributed by atoms with Crippen LogP contribution < -0.4 is 0 Å². The molecule has 0 amide bonds. The molecule has 0 saturated carbocycles. The zero-order valence-electron chi connectivity index (χ0n) is 12.6. The van der Waals surface area contributed by atoms with Crippen LogP contribution in [0.1, 0.15) is 59.5 Å². The topological polar surface area (TPSA) is 44.8 Å². The van der Waals surface area contributed by atoms with Crippen LogP contribution in [0.4, 0.5) is 0 Å². The number of hydrogen-bond acceptors (Lipinski definition) is 4. The molecule has 1 atom stereocenters. The molecule has 0 spiro atoms. The molecule has 5 heteroatoms. The summed E-state index contributed by atoms with van der Waals surface area (Å²) in [4.78, 5) is 16.9. The highest BCUT2D eigenvalue weighted by Crippen LogP contribution is 2.34. The molecule has 0 aromatic carbocycles. The van der Waals surface area contributed by atoms with Crippen LogP contribution in [-0.2, 0) is 19.4 Å². The average Bonchev–Trinajstić information content (AvgIpc) is 3.19. The Kier molecular flexibility index (Phi) is 3.55. The number of rotatable bonds is 3. The van der Waals surface area contributed by atoms with Crippen LogP contribution >= 0.6 is 11.3 Å². The van der Waals surface area contributed by atoms with E-state index < -0.39 is 0 Å². The van der Waals surface area contributed by atoms with Crippen molar-refractivity contribution in [3.05, 3.63) is 33.3 Å². The summed E-state index contributed by atoms with van der Waals surface area (Å²) in [5.74, 6) is 1.21. The van der Waals surface area contributed by atoms with Gasteiger partial charge in [-0.15, -0.1) is 11.3 Å². The van der Waals surface area contributed by atoms with Crippen LogP contribution in [0.25, 0.3) is 0 Å². The van der Waals surface area contributed by atoms with Gasteiger partial charge in [0.25, 0.3) is 0 Å². The molecule has 1 N–H and O–H groups in total. The molecule has 0 unspecified atom stereocenters. The zero-order chi connectivity index (χ0) is 14.2. The van der Waals surface area contributed by atoms with Gasteiger partial charge in [-0.05, 0) is 52.0 Å². The van der Waals surface area contributed by atoms with Gasteiger partial charge in [-0.25, -0.2) is 9.97 Å². The Hall–Kier alpha value is -1.20. The number of likely N-dealkylation sites (tertiary alicyclic amines) is 1. The van der Waals surface area contributed by atoms with Gasteiger partial charge in [0, 0.05) is 17.1 Å². The smallest absolute Gasteiger partial charge is 0.124 e. The molecule has 4 rings (SSSR count). The first-order chi connectivity index (χ1) is 10.3. The predicted molar refractivity (Wildman–Crippen MR) is 84.5 cm³/mol. The van der Waals surface area contributed by atoms with Gasteiger partial charge in [0.15, 0.2) is 0 Å². The summed E-state index contributed by atoms with van der Waals surface area (Å²) in [6, 6.07) is 0.470. The van der Waals surface area contributed by atoms with E-state index in [0.717, 1.165) is 13.0 Å². The maximum Gasteiger partial charge on any atom is 0.124 e. The normalized spacial score (nSPS) is 22.6. The quantitative estimate of drug-likeness (QED) is 0.945. The Balaban J connectivity index is 1.56. The van der Waals surface area contributed by atoms with Gasteiger partial charge in [-0.1, -0.05) is 0 Å². The van der Waals surface area contributed by atoms with Gasteiger partial charge in [0.2, 0.25) is 0 Å². The van der Waals surface area contributed by atoms with Crippen molar-refractivity contribution >= 4 is 11.3 Å². The predicted octanol–water partition coefficient (Wildman–Crippen LogP) is 3.39.